The van der Waals surface area contributed by atoms with Crippen LogP contribution in [0.3, 0.4) is 0 Å². The molecule has 2 aromatic rings. The Labute approximate surface area is 286 Å². The van der Waals surface area contributed by atoms with Gasteiger partial charge in [-0.2, -0.15) is 0 Å². The fourth-order valence-corrected chi connectivity index (χ4v) is 7.98. The van der Waals surface area contributed by atoms with Crippen molar-refractivity contribution in [3.05, 3.63) is 118 Å². The van der Waals surface area contributed by atoms with E-state index in [2.05, 4.69) is 113 Å². The smallest absolute Gasteiger partial charge is 0.0649 e. The van der Waals surface area contributed by atoms with E-state index >= 15 is 0 Å². The van der Waals surface area contributed by atoms with Gasteiger partial charge in [-0.25, -0.2) is 0 Å². The number of hydrogen-bond acceptors (Lipinski definition) is 3. The zero-order valence-corrected chi connectivity index (χ0v) is 30.1. The SMILES string of the molecule is C=C(CCCCN1CCC(C(=C)c2ccc(N3CCC(C4=NCc5cc(C)ccc54)CC3)cc2C)CC1)/C(=C\C(=C/C)C(=C)C)CC. The number of aryl methyl sites for hydroxylation is 2. The number of nitrogens with zero attached hydrogens (tertiary/aromatic N) is 3. The zero-order valence-electron chi connectivity index (χ0n) is 30.1. The first-order valence-electron chi connectivity index (χ1n) is 18.3. The summed E-state index contributed by atoms with van der Waals surface area (Å²) in [6, 6.07) is 14.0. The summed E-state index contributed by atoms with van der Waals surface area (Å²) in [6.07, 6.45) is 13.7. The van der Waals surface area contributed by atoms with Crippen molar-refractivity contribution in [2.24, 2.45) is 16.8 Å². The molecule has 2 saturated heterocycles. The Bertz CT molecular complexity index is 1550. The highest BCUT2D eigenvalue weighted by molar-refractivity contribution is 6.05. The highest BCUT2D eigenvalue weighted by Crippen LogP contribution is 2.36. The Morgan fingerprint density at radius 2 is 1.68 bits per heavy atom. The van der Waals surface area contributed by atoms with Gasteiger partial charge in [-0.05, 0) is 150 Å². The van der Waals surface area contributed by atoms with Crippen LogP contribution in [-0.4, -0.2) is 43.3 Å². The van der Waals surface area contributed by atoms with Crippen molar-refractivity contribution in [2.75, 3.05) is 37.6 Å². The lowest BCUT2D eigenvalue weighted by atomic mass is 9.84. The lowest BCUT2D eigenvalue weighted by Crippen LogP contribution is -2.36. The second-order valence-corrected chi connectivity index (χ2v) is 14.4. The lowest BCUT2D eigenvalue weighted by Gasteiger charge is -2.35. The zero-order chi connectivity index (χ0) is 33.5. The lowest BCUT2D eigenvalue weighted by molar-refractivity contribution is 0.203. The number of hydrogen-bond donors (Lipinski definition) is 0. The minimum absolute atomic E-state index is 0.579. The number of piperidine rings is 2. The number of anilines is 1. The van der Waals surface area contributed by atoms with Gasteiger partial charge in [-0.1, -0.05) is 79.8 Å². The van der Waals surface area contributed by atoms with Crippen LogP contribution in [0.25, 0.3) is 5.57 Å². The Hall–Kier alpha value is -3.43. The normalized spacial score (nSPS) is 18.3. The van der Waals surface area contributed by atoms with Crippen LogP contribution in [0.15, 0.2) is 95.6 Å². The van der Waals surface area contributed by atoms with Gasteiger partial charge < -0.3 is 9.80 Å². The number of fused-ring (bicyclic) bond motifs is 1. The van der Waals surface area contributed by atoms with Gasteiger partial charge in [0.1, 0.15) is 0 Å². The molecule has 0 aliphatic carbocycles. The summed E-state index contributed by atoms with van der Waals surface area (Å²) >= 11 is 0. The van der Waals surface area contributed by atoms with E-state index in [1.807, 2.05) is 0 Å². The topological polar surface area (TPSA) is 18.8 Å². The molecule has 250 valence electrons. The van der Waals surface area contributed by atoms with E-state index in [1.165, 1.54) is 120 Å². The summed E-state index contributed by atoms with van der Waals surface area (Å²) in [5.74, 6) is 1.16. The molecule has 0 radical (unpaired) electrons. The summed E-state index contributed by atoms with van der Waals surface area (Å²) in [5, 5.41) is 0. The Kier molecular flexibility index (Phi) is 12.0. The summed E-state index contributed by atoms with van der Waals surface area (Å²) in [4.78, 5) is 10.2. The molecule has 0 N–H and O–H groups in total. The maximum Gasteiger partial charge on any atom is 0.0649 e. The second kappa shape index (κ2) is 16.1. The van der Waals surface area contributed by atoms with Crippen LogP contribution >= 0.6 is 0 Å². The highest BCUT2D eigenvalue weighted by Gasteiger charge is 2.29. The van der Waals surface area contributed by atoms with E-state index in [1.54, 1.807) is 0 Å². The molecule has 5 rings (SSSR count). The fraction of sp³-hybridized carbons (Fsp3) is 0.477. The first kappa shape index (κ1) is 34.9. The van der Waals surface area contributed by atoms with Crippen molar-refractivity contribution in [3.8, 4) is 0 Å². The number of likely N-dealkylation sites (tertiary alicyclic amines) is 1. The van der Waals surface area contributed by atoms with Crippen molar-refractivity contribution in [2.45, 2.75) is 92.5 Å². The number of unbranched alkanes of at least 4 members (excludes halogenated alkanes) is 1. The highest BCUT2D eigenvalue weighted by atomic mass is 15.1. The van der Waals surface area contributed by atoms with Crippen LogP contribution < -0.4 is 4.90 Å². The molecule has 47 heavy (non-hydrogen) atoms. The predicted molar refractivity (Wildman–Crippen MR) is 206 cm³/mol. The standard InChI is InChI=1S/C44H59N3/c1-9-36(31(3)4)29-37(10-2)33(6)13-11-12-22-46-23-18-38(19-24-46)35(8)42-17-15-41(28-34(42)7)47-25-20-39(21-26-47)44-43-16-14-32(5)27-40(43)30-45-44/h9,14-17,27-29,38-39H,3,6,8,10-13,18-26,30H2,1-2,4-5,7H3/b36-9+,37-29-. The van der Waals surface area contributed by atoms with E-state index in [-0.39, 0.29) is 0 Å². The maximum atomic E-state index is 4.98. The molecule has 3 aliphatic heterocycles. The van der Waals surface area contributed by atoms with E-state index in [9.17, 15) is 0 Å². The van der Waals surface area contributed by atoms with Crippen molar-refractivity contribution in [1.29, 1.82) is 0 Å². The van der Waals surface area contributed by atoms with Gasteiger partial charge in [0, 0.05) is 36.0 Å². The minimum atomic E-state index is 0.579. The number of allylic oxidation sites excluding steroid dienone is 7. The third kappa shape index (κ3) is 8.54. The summed E-state index contributed by atoms with van der Waals surface area (Å²) in [7, 11) is 0. The molecule has 3 nitrogen and oxygen atoms in total. The van der Waals surface area contributed by atoms with Gasteiger partial charge >= 0.3 is 0 Å². The van der Waals surface area contributed by atoms with Gasteiger partial charge in [-0.3, -0.25) is 4.99 Å². The van der Waals surface area contributed by atoms with E-state index in [0.29, 0.717) is 11.8 Å². The third-order valence-corrected chi connectivity index (χ3v) is 11.0. The third-order valence-electron chi connectivity index (χ3n) is 11.0. The number of rotatable bonds is 13. The van der Waals surface area contributed by atoms with E-state index in [0.717, 1.165) is 38.0 Å². The van der Waals surface area contributed by atoms with Crippen LogP contribution in [0.2, 0.25) is 0 Å². The molecule has 0 aromatic heterocycles. The van der Waals surface area contributed by atoms with Gasteiger partial charge in [0.15, 0.2) is 0 Å². The molecular weight excluding hydrogens is 571 g/mol. The quantitative estimate of drug-likeness (QED) is 0.162. The molecule has 0 amide bonds. The number of benzene rings is 2. The van der Waals surface area contributed by atoms with Crippen molar-refractivity contribution in [1.82, 2.24) is 4.90 Å². The molecule has 0 saturated carbocycles. The fourth-order valence-electron chi connectivity index (χ4n) is 7.98. The monoisotopic (exact) mass is 629 g/mol. The molecule has 0 atom stereocenters. The van der Waals surface area contributed by atoms with Crippen molar-refractivity contribution >= 4 is 17.0 Å². The van der Waals surface area contributed by atoms with Gasteiger partial charge in [0.2, 0.25) is 0 Å². The van der Waals surface area contributed by atoms with Gasteiger partial charge in [-0.15, -0.1) is 0 Å². The Balaban J connectivity index is 1.05. The summed E-state index contributed by atoms with van der Waals surface area (Å²) in [6.45, 7) is 30.6. The molecule has 3 aliphatic rings. The average Bonchev–Trinajstić information content (AvgIpc) is 3.50. The van der Waals surface area contributed by atoms with Gasteiger partial charge in [0.25, 0.3) is 0 Å². The second-order valence-electron chi connectivity index (χ2n) is 14.4. The van der Waals surface area contributed by atoms with E-state index in [4.69, 9.17) is 4.99 Å². The first-order valence-corrected chi connectivity index (χ1v) is 18.3. The molecule has 0 unspecified atom stereocenters. The predicted octanol–water partition coefficient (Wildman–Crippen LogP) is 10.8. The van der Waals surface area contributed by atoms with Crippen LogP contribution in [0, 0.1) is 25.7 Å². The Morgan fingerprint density at radius 3 is 2.34 bits per heavy atom. The largest absolute Gasteiger partial charge is 0.371 e. The Morgan fingerprint density at radius 1 is 0.936 bits per heavy atom. The van der Waals surface area contributed by atoms with Crippen molar-refractivity contribution in [3.63, 3.8) is 0 Å². The minimum Gasteiger partial charge on any atom is -0.371 e. The summed E-state index contributed by atoms with van der Waals surface area (Å²) in [5.41, 5.74) is 15.9. The van der Waals surface area contributed by atoms with E-state index < -0.39 is 0 Å². The molecule has 0 spiro atoms. The molecule has 3 heterocycles. The van der Waals surface area contributed by atoms with Crippen LogP contribution in [0.1, 0.15) is 100.0 Å². The number of aliphatic imine (C=N–C) groups is 1. The molecular formula is C44H59N3. The maximum absolute atomic E-state index is 4.98. The van der Waals surface area contributed by atoms with Crippen molar-refractivity contribution < 1.29 is 0 Å². The van der Waals surface area contributed by atoms with Crippen LogP contribution in [0.5, 0.6) is 0 Å². The van der Waals surface area contributed by atoms with Gasteiger partial charge in [0.05, 0.1) is 6.54 Å². The first-order chi connectivity index (χ1) is 22.7. The average molecular weight is 630 g/mol. The molecule has 2 fully saturated rings. The molecule has 0 bridgehead atoms. The van der Waals surface area contributed by atoms with Crippen LogP contribution in [-0.2, 0) is 6.54 Å². The summed E-state index contributed by atoms with van der Waals surface area (Å²) < 4.78 is 0. The van der Waals surface area contributed by atoms with Crippen LogP contribution in [0.4, 0.5) is 5.69 Å². The molecule has 2 aromatic carbocycles. The molecule has 3 heteroatoms.